The molecule has 2 rings (SSSR count). The summed E-state index contributed by atoms with van der Waals surface area (Å²) in [5.41, 5.74) is 1.20. The highest BCUT2D eigenvalue weighted by Crippen LogP contribution is 2.32. The van der Waals surface area contributed by atoms with Crippen LogP contribution in [0.15, 0.2) is 30.3 Å². The number of hydrogen-bond donors (Lipinski definition) is 0. The molecule has 0 saturated carbocycles. The van der Waals surface area contributed by atoms with Gasteiger partial charge in [0.15, 0.2) is 5.12 Å². The average Bonchev–Trinajstić information content (AvgIpc) is 2.80. The van der Waals surface area contributed by atoms with Gasteiger partial charge in [-0.2, -0.15) is 0 Å². The van der Waals surface area contributed by atoms with Crippen molar-refractivity contribution in [2.45, 2.75) is 32.7 Å². The molecule has 2 atom stereocenters. The van der Waals surface area contributed by atoms with Gasteiger partial charge in [0.05, 0.1) is 6.04 Å². The van der Waals surface area contributed by atoms with Gasteiger partial charge in [0.25, 0.3) is 0 Å². The van der Waals surface area contributed by atoms with Crippen molar-refractivity contribution in [2.24, 2.45) is 5.92 Å². The molecule has 1 aromatic carbocycles. The first-order valence-electron chi connectivity index (χ1n) is 7.09. The summed E-state index contributed by atoms with van der Waals surface area (Å²) >= 11 is 1.33. The van der Waals surface area contributed by atoms with Gasteiger partial charge in [-0.1, -0.05) is 49.0 Å². The molecule has 2 unspecified atom stereocenters. The summed E-state index contributed by atoms with van der Waals surface area (Å²) in [6.07, 6.45) is 1.49. The van der Waals surface area contributed by atoms with Crippen LogP contribution in [0.5, 0.6) is 0 Å². The Morgan fingerprint density at radius 3 is 2.70 bits per heavy atom. The van der Waals surface area contributed by atoms with Crippen molar-refractivity contribution in [1.29, 1.82) is 0 Å². The molecule has 0 bridgehead atoms. The first-order valence-corrected chi connectivity index (χ1v) is 8.08. The first-order chi connectivity index (χ1) is 9.61. The van der Waals surface area contributed by atoms with Crippen LogP contribution in [0.3, 0.4) is 0 Å². The van der Waals surface area contributed by atoms with Crippen molar-refractivity contribution in [1.82, 2.24) is 4.90 Å². The predicted molar refractivity (Wildman–Crippen MR) is 82.4 cm³/mol. The molecule has 1 aliphatic rings. The minimum atomic E-state index is 0.131. The molecule has 1 aromatic rings. The van der Waals surface area contributed by atoms with Gasteiger partial charge in [0, 0.05) is 25.6 Å². The van der Waals surface area contributed by atoms with E-state index < -0.39 is 0 Å². The Hall–Kier alpha value is -1.29. The van der Waals surface area contributed by atoms with E-state index in [9.17, 15) is 9.59 Å². The van der Waals surface area contributed by atoms with Crippen LogP contribution in [0.1, 0.15) is 38.3 Å². The van der Waals surface area contributed by atoms with Crippen LogP contribution in [0.25, 0.3) is 0 Å². The fourth-order valence-electron chi connectivity index (χ4n) is 2.77. The van der Waals surface area contributed by atoms with E-state index >= 15 is 0 Å². The number of nitrogens with zero attached hydrogens (tertiary/aromatic N) is 1. The van der Waals surface area contributed by atoms with Crippen LogP contribution in [0.2, 0.25) is 0 Å². The lowest BCUT2D eigenvalue weighted by molar-refractivity contribution is -0.129. The number of amides is 1. The summed E-state index contributed by atoms with van der Waals surface area (Å²) in [5, 5.41) is 0.131. The molecule has 1 amide bonds. The van der Waals surface area contributed by atoms with Crippen molar-refractivity contribution in [2.75, 3.05) is 12.3 Å². The molecular formula is C16H21NO2S. The molecular weight excluding hydrogens is 270 g/mol. The Balaban J connectivity index is 2.04. The number of likely N-dealkylation sites (tertiary alicyclic amines) is 1. The van der Waals surface area contributed by atoms with Gasteiger partial charge in [-0.05, 0) is 17.9 Å². The summed E-state index contributed by atoms with van der Waals surface area (Å²) in [7, 11) is 0. The molecule has 0 N–H and O–H groups in total. The summed E-state index contributed by atoms with van der Waals surface area (Å²) in [6, 6.07) is 10.4. The lowest BCUT2D eigenvalue weighted by Crippen LogP contribution is -2.30. The fraction of sp³-hybridized carbons (Fsp3) is 0.500. The van der Waals surface area contributed by atoms with Gasteiger partial charge < -0.3 is 4.90 Å². The molecule has 1 fully saturated rings. The molecule has 1 heterocycles. The number of benzene rings is 1. The SMILES string of the molecule is CCC(c1ccccc1)N1CC(CSC(C)=O)CC1=O. The van der Waals surface area contributed by atoms with Gasteiger partial charge in [-0.25, -0.2) is 0 Å². The molecule has 0 spiro atoms. The van der Waals surface area contributed by atoms with Crippen LogP contribution in [0.4, 0.5) is 0 Å². The molecule has 108 valence electrons. The van der Waals surface area contributed by atoms with E-state index in [1.807, 2.05) is 23.1 Å². The lowest BCUT2D eigenvalue weighted by Gasteiger charge is -2.27. The predicted octanol–water partition coefficient (Wildman–Crippen LogP) is 3.27. The lowest BCUT2D eigenvalue weighted by atomic mass is 10.0. The van der Waals surface area contributed by atoms with Crippen LogP contribution in [-0.4, -0.2) is 28.2 Å². The van der Waals surface area contributed by atoms with E-state index in [1.54, 1.807) is 6.92 Å². The van der Waals surface area contributed by atoms with E-state index in [4.69, 9.17) is 0 Å². The highest BCUT2D eigenvalue weighted by molar-refractivity contribution is 8.13. The van der Waals surface area contributed by atoms with E-state index in [1.165, 1.54) is 17.3 Å². The Morgan fingerprint density at radius 2 is 2.10 bits per heavy atom. The number of carbonyl (C=O) groups is 2. The molecule has 4 heteroatoms. The van der Waals surface area contributed by atoms with Gasteiger partial charge >= 0.3 is 0 Å². The molecule has 0 radical (unpaired) electrons. The summed E-state index contributed by atoms with van der Waals surface area (Å²) in [4.78, 5) is 25.3. The van der Waals surface area contributed by atoms with Gasteiger partial charge in [0.1, 0.15) is 0 Å². The number of hydrogen-bond acceptors (Lipinski definition) is 3. The number of thioether (sulfide) groups is 1. The minimum absolute atomic E-state index is 0.131. The zero-order valence-corrected chi connectivity index (χ0v) is 12.9. The van der Waals surface area contributed by atoms with Crippen molar-refractivity contribution in [3.8, 4) is 0 Å². The maximum Gasteiger partial charge on any atom is 0.223 e. The van der Waals surface area contributed by atoms with Crippen LogP contribution >= 0.6 is 11.8 Å². The topological polar surface area (TPSA) is 37.4 Å². The van der Waals surface area contributed by atoms with E-state index in [0.29, 0.717) is 12.3 Å². The quantitative estimate of drug-likeness (QED) is 0.835. The van der Waals surface area contributed by atoms with E-state index in [0.717, 1.165) is 18.7 Å². The average molecular weight is 291 g/mol. The second-order valence-corrected chi connectivity index (χ2v) is 6.45. The third-order valence-corrected chi connectivity index (χ3v) is 4.75. The standard InChI is InChI=1S/C16H21NO2S/c1-3-15(14-7-5-4-6-8-14)17-10-13(9-16(17)19)11-20-12(2)18/h4-8,13,15H,3,9-11H2,1-2H3. The third kappa shape index (κ3) is 3.63. The summed E-state index contributed by atoms with van der Waals surface area (Å²) in [5.74, 6) is 1.27. The van der Waals surface area contributed by atoms with Gasteiger partial charge in [0.2, 0.25) is 5.91 Å². The largest absolute Gasteiger partial charge is 0.335 e. The van der Waals surface area contributed by atoms with Crippen LogP contribution < -0.4 is 0 Å². The Bertz CT molecular complexity index is 475. The van der Waals surface area contributed by atoms with E-state index in [2.05, 4.69) is 19.1 Å². The molecule has 1 saturated heterocycles. The summed E-state index contributed by atoms with van der Waals surface area (Å²) in [6.45, 7) is 4.47. The zero-order chi connectivity index (χ0) is 14.5. The van der Waals surface area contributed by atoms with Crippen LogP contribution in [0, 0.1) is 5.92 Å². The number of carbonyl (C=O) groups excluding carboxylic acids is 2. The Labute approximate surface area is 124 Å². The van der Waals surface area contributed by atoms with Gasteiger partial charge in [-0.15, -0.1) is 0 Å². The van der Waals surface area contributed by atoms with Crippen molar-refractivity contribution in [3.63, 3.8) is 0 Å². The highest BCUT2D eigenvalue weighted by Gasteiger charge is 2.34. The van der Waals surface area contributed by atoms with Crippen molar-refractivity contribution >= 4 is 22.8 Å². The highest BCUT2D eigenvalue weighted by atomic mass is 32.2. The summed E-state index contributed by atoms with van der Waals surface area (Å²) < 4.78 is 0. The molecule has 3 nitrogen and oxygen atoms in total. The maximum atomic E-state index is 12.2. The monoisotopic (exact) mass is 291 g/mol. The second-order valence-electron chi connectivity index (χ2n) is 5.25. The molecule has 1 aliphatic heterocycles. The first kappa shape index (κ1) is 15.1. The zero-order valence-electron chi connectivity index (χ0n) is 12.0. The van der Waals surface area contributed by atoms with E-state index in [-0.39, 0.29) is 17.1 Å². The Kier molecular flexibility index (Phi) is 5.24. The molecule has 0 aliphatic carbocycles. The molecule has 20 heavy (non-hydrogen) atoms. The molecule has 0 aromatic heterocycles. The normalized spacial score (nSPS) is 20.2. The minimum Gasteiger partial charge on any atom is -0.335 e. The van der Waals surface area contributed by atoms with Crippen molar-refractivity contribution < 1.29 is 9.59 Å². The second kappa shape index (κ2) is 6.93. The smallest absolute Gasteiger partial charge is 0.223 e. The third-order valence-electron chi connectivity index (χ3n) is 3.71. The van der Waals surface area contributed by atoms with Crippen molar-refractivity contribution in [3.05, 3.63) is 35.9 Å². The number of rotatable bonds is 5. The van der Waals surface area contributed by atoms with Crippen LogP contribution in [-0.2, 0) is 9.59 Å². The Morgan fingerprint density at radius 1 is 1.40 bits per heavy atom. The van der Waals surface area contributed by atoms with Gasteiger partial charge in [-0.3, -0.25) is 9.59 Å². The maximum absolute atomic E-state index is 12.2. The fourth-order valence-corrected chi connectivity index (χ4v) is 3.46.